The highest BCUT2D eigenvalue weighted by Gasteiger charge is 2.20. The Bertz CT molecular complexity index is 557. The summed E-state index contributed by atoms with van der Waals surface area (Å²) in [4.78, 5) is 32.9. The molecule has 0 aliphatic carbocycles. The Morgan fingerprint density at radius 2 is 2.00 bits per heavy atom. The van der Waals surface area contributed by atoms with Crippen molar-refractivity contribution in [3.8, 4) is 0 Å². The van der Waals surface area contributed by atoms with E-state index in [4.69, 9.17) is 10.8 Å². The van der Waals surface area contributed by atoms with Gasteiger partial charge in [-0.3, -0.25) is 9.59 Å². The fourth-order valence-corrected chi connectivity index (χ4v) is 1.40. The lowest BCUT2D eigenvalue weighted by Gasteiger charge is -2.10. The van der Waals surface area contributed by atoms with Gasteiger partial charge in [0.15, 0.2) is 0 Å². The van der Waals surface area contributed by atoms with Crippen molar-refractivity contribution in [1.82, 2.24) is 5.32 Å². The summed E-state index contributed by atoms with van der Waals surface area (Å²) in [5.41, 5.74) is 5.06. The second-order valence-electron chi connectivity index (χ2n) is 3.92. The Morgan fingerprint density at radius 3 is 2.55 bits per heavy atom. The third-order valence-corrected chi connectivity index (χ3v) is 2.34. The number of nitrogens with one attached hydrogen (secondary N) is 1. The summed E-state index contributed by atoms with van der Waals surface area (Å²) in [5, 5.41) is 10.9. The van der Waals surface area contributed by atoms with Gasteiger partial charge in [0.05, 0.1) is 6.42 Å². The number of halogens is 1. The van der Waals surface area contributed by atoms with Crippen LogP contribution in [0.25, 0.3) is 6.08 Å². The zero-order valence-corrected chi connectivity index (χ0v) is 10.4. The van der Waals surface area contributed by atoms with Gasteiger partial charge in [-0.05, 0) is 12.1 Å². The molecule has 7 heteroatoms. The molecule has 20 heavy (non-hydrogen) atoms. The van der Waals surface area contributed by atoms with Crippen molar-refractivity contribution in [2.24, 2.45) is 5.73 Å². The number of hydrogen-bond donors (Lipinski definition) is 3. The maximum Gasteiger partial charge on any atom is 0.326 e. The fraction of sp³-hybridized carbons (Fsp3) is 0.154. The number of amides is 2. The minimum atomic E-state index is -1.41. The molecule has 1 unspecified atom stereocenters. The smallest absolute Gasteiger partial charge is 0.326 e. The van der Waals surface area contributed by atoms with E-state index in [-0.39, 0.29) is 5.56 Å². The largest absolute Gasteiger partial charge is 0.480 e. The van der Waals surface area contributed by atoms with Gasteiger partial charge in [0.25, 0.3) is 0 Å². The molecule has 0 saturated carbocycles. The normalized spacial score (nSPS) is 12.1. The Hall–Kier alpha value is -2.70. The first-order valence-corrected chi connectivity index (χ1v) is 5.64. The van der Waals surface area contributed by atoms with Crippen LogP contribution in [0.1, 0.15) is 12.0 Å². The minimum Gasteiger partial charge on any atom is -0.480 e. The molecule has 0 aliphatic rings. The molecule has 106 valence electrons. The van der Waals surface area contributed by atoms with Crippen LogP contribution in [-0.4, -0.2) is 28.9 Å². The van der Waals surface area contributed by atoms with Crippen LogP contribution in [0.4, 0.5) is 4.39 Å². The van der Waals surface area contributed by atoms with Crippen LogP contribution in [0.15, 0.2) is 30.3 Å². The van der Waals surface area contributed by atoms with Gasteiger partial charge in [0.1, 0.15) is 11.9 Å². The summed E-state index contributed by atoms with van der Waals surface area (Å²) in [6, 6.07) is 4.36. The first kappa shape index (κ1) is 15.4. The molecule has 1 aromatic carbocycles. The summed E-state index contributed by atoms with van der Waals surface area (Å²) in [6.07, 6.45) is 1.66. The summed E-state index contributed by atoms with van der Waals surface area (Å²) in [5.74, 6) is -3.50. The van der Waals surface area contributed by atoms with Crippen molar-refractivity contribution in [3.05, 3.63) is 41.7 Å². The highest BCUT2D eigenvalue weighted by molar-refractivity contribution is 5.95. The molecule has 6 nitrogen and oxygen atoms in total. The van der Waals surface area contributed by atoms with Crippen molar-refractivity contribution in [1.29, 1.82) is 0 Å². The van der Waals surface area contributed by atoms with Gasteiger partial charge in [0.2, 0.25) is 11.8 Å². The first-order chi connectivity index (χ1) is 9.40. The molecule has 0 bridgehead atoms. The number of hydrogen-bond acceptors (Lipinski definition) is 3. The van der Waals surface area contributed by atoms with Crippen LogP contribution in [0.3, 0.4) is 0 Å². The number of carboxylic acid groups (broad SMARTS) is 1. The highest BCUT2D eigenvalue weighted by atomic mass is 19.1. The van der Waals surface area contributed by atoms with Crippen LogP contribution in [-0.2, 0) is 14.4 Å². The van der Waals surface area contributed by atoms with Gasteiger partial charge < -0.3 is 16.2 Å². The topological polar surface area (TPSA) is 109 Å². The van der Waals surface area contributed by atoms with Gasteiger partial charge in [0, 0.05) is 11.6 Å². The van der Waals surface area contributed by atoms with E-state index in [0.717, 1.165) is 6.08 Å². The predicted octanol–water partition coefficient (Wildman–Crippen LogP) is 0.284. The van der Waals surface area contributed by atoms with E-state index in [2.05, 4.69) is 5.32 Å². The number of carbonyl (C=O) groups excluding carboxylic acids is 2. The SMILES string of the molecule is NC(=O)CC(NC(=O)/C=C/c1ccccc1F)C(=O)O. The number of carboxylic acids is 1. The quantitative estimate of drug-likeness (QED) is 0.650. The first-order valence-electron chi connectivity index (χ1n) is 5.64. The van der Waals surface area contributed by atoms with Crippen molar-refractivity contribution in [2.45, 2.75) is 12.5 Å². The van der Waals surface area contributed by atoms with Crippen molar-refractivity contribution in [2.75, 3.05) is 0 Å². The second-order valence-corrected chi connectivity index (χ2v) is 3.92. The number of benzene rings is 1. The molecule has 1 aromatic rings. The predicted molar refractivity (Wildman–Crippen MR) is 68.8 cm³/mol. The molecule has 4 N–H and O–H groups in total. The maximum absolute atomic E-state index is 13.3. The van der Waals surface area contributed by atoms with Gasteiger partial charge in [-0.15, -0.1) is 0 Å². The Balaban J connectivity index is 2.69. The standard InChI is InChI=1S/C13H13FN2O4/c14-9-4-2-1-3-8(9)5-6-12(18)16-10(13(19)20)7-11(15)17/h1-6,10H,7H2,(H2,15,17)(H,16,18)(H,19,20)/b6-5+. The Labute approximate surface area is 114 Å². The summed E-state index contributed by atoms with van der Waals surface area (Å²) < 4.78 is 13.3. The van der Waals surface area contributed by atoms with E-state index >= 15 is 0 Å². The van der Waals surface area contributed by atoms with Crippen LogP contribution in [0.5, 0.6) is 0 Å². The molecule has 0 saturated heterocycles. The monoisotopic (exact) mass is 280 g/mol. The van der Waals surface area contributed by atoms with E-state index in [1.165, 1.54) is 24.3 Å². The molecule has 0 fully saturated rings. The molecular weight excluding hydrogens is 267 g/mol. The van der Waals surface area contributed by atoms with Crippen molar-refractivity contribution >= 4 is 23.9 Å². The third-order valence-electron chi connectivity index (χ3n) is 2.34. The maximum atomic E-state index is 13.3. The van der Waals surface area contributed by atoms with Gasteiger partial charge in [-0.2, -0.15) is 0 Å². The minimum absolute atomic E-state index is 0.185. The molecule has 0 aromatic heterocycles. The van der Waals surface area contributed by atoms with Crippen molar-refractivity contribution < 1.29 is 23.9 Å². The van der Waals surface area contributed by atoms with Crippen molar-refractivity contribution in [3.63, 3.8) is 0 Å². The highest BCUT2D eigenvalue weighted by Crippen LogP contribution is 2.07. The summed E-state index contributed by atoms with van der Waals surface area (Å²) in [7, 11) is 0. The van der Waals surface area contributed by atoms with E-state index in [0.29, 0.717) is 0 Å². The molecule has 1 rings (SSSR count). The van der Waals surface area contributed by atoms with Crippen LogP contribution >= 0.6 is 0 Å². The van der Waals surface area contributed by atoms with Gasteiger partial charge in [-0.25, -0.2) is 9.18 Å². The summed E-state index contributed by atoms with van der Waals surface area (Å²) in [6.45, 7) is 0. The van der Waals surface area contributed by atoms with E-state index < -0.39 is 36.1 Å². The number of aliphatic carboxylic acids is 1. The lowest BCUT2D eigenvalue weighted by molar-refractivity contribution is -0.142. The molecule has 0 aliphatic heterocycles. The van der Waals surface area contributed by atoms with Crippen LogP contribution in [0, 0.1) is 5.82 Å². The number of rotatable bonds is 6. The lowest BCUT2D eigenvalue weighted by atomic mass is 10.2. The van der Waals surface area contributed by atoms with Crippen LogP contribution in [0.2, 0.25) is 0 Å². The number of primary amides is 1. The molecule has 2 amide bonds. The Morgan fingerprint density at radius 1 is 1.35 bits per heavy atom. The summed E-state index contributed by atoms with van der Waals surface area (Å²) >= 11 is 0. The molecule has 0 radical (unpaired) electrons. The Kier molecular flexibility index (Phi) is 5.40. The average Bonchev–Trinajstić information content (AvgIpc) is 2.36. The third kappa shape index (κ3) is 4.89. The van der Waals surface area contributed by atoms with Crippen LogP contribution < -0.4 is 11.1 Å². The number of nitrogens with two attached hydrogens (primary N) is 1. The zero-order chi connectivity index (χ0) is 15.1. The molecular formula is C13H13FN2O4. The molecule has 0 spiro atoms. The van der Waals surface area contributed by atoms with E-state index in [1.54, 1.807) is 6.07 Å². The van der Waals surface area contributed by atoms with E-state index in [1.807, 2.05) is 0 Å². The average molecular weight is 280 g/mol. The number of carbonyl (C=O) groups is 3. The lowest BCUT2D eigenvalue weighted by Crippen LogP contribution is -2.42. The fourth-order valence-electron chi connectivity index (χ4n) is 1.40. The van der Waals surface area contributed by atoms with E-state index in [9.17, 15) is 18.8 Å². The second kappa shape index (κ2) is 7.03. The molecule has 1 atom stereocenters. The van der Waals surface area contributed by atoms with Gasteiger partial charge >= 0.3 is 5.97 Å². The van der Waals surface area contributed by atoms with Gasteiger partial charge in [-0.1, -0.05) is 18.2 Å². The molecule has 0 heterocycles. The zero-order valence-electron chi connectivity index (χ0n) is 10.4.